The van der Waals surface area contributed by atoms with Crippen LogP contribution >= 0.6 is 0 Å². The molecule has 4 aliphatic carbocycles. The predicted octanol–water partition coefficient (Wildman–Crippen LogP) is 2.08. The van der Waals surface area contributed by atoms with E-state index in [0.717, 1.165) is 38.5 Å². The molecule has 0 radical (unpaired) electrons. The molecule has 1 saturated heterocycles. The summed E-state index contributed by atoms with van der Waals surface area (Å²) in [5.74, 6) is 1.60. The van der Waals surface area contributed by atoms with E-state index in [4.69, 9.17) is 4.74 Å². The van der Waals surface area contributed by atoms with Gasteiger partial charge in [-0.1, -0.05) is 6.92 Å². The summed E-state index contributed by atoms with van der Waals surface area (Å²) >= 11 is 0. The maximum atomic E-state index is 12.4. The number of ketones is 2. The zero-order valence-electron chi connectivity index (χ0n) is 15.5. The fraction of sp³-hybridized carbons (Fsp3) is 0.905. The molecule has 2 bridgehead atoms. The summed E-state index contributed by atoms with van der Waals surface area (Å²) in [5, 5.41) is 20.4. The molecule has 0 amide bonds. The van der Waals surface area contributed by atoms with Gasteiger partial charge >= 0.3 is 0 Å². The third-order valence-corrected chi connectivity index (χ3v) is 9.31. The van der Waals surface area contributed by atoms with Crippen LogP contribution in [0.25, 0.3) is 0 Å². The van der Waals surface area contributed by atoms with Gasteiger partial charge in [-0.3, -0.25) is 9.59 Å². The van der Waals surface area contributed by atoms with Gasteiger partial charge in [0.15, 0.2) is 12.1 Å². The highest BCUT2D eigenvalue weighted by molar-refractivity contribution is 5.83. The normalized spacial score (nSPS) is 55.2. The number of aliphatic hydroxyl groups excluding tert-OH is 2. The first kappa shape index (κ1) is 17.3. The molecule has 26 heavy (non-hydrogen) atoms. The van der Waals surface area contributed by atoms with Crippen molar-refractivity contribution in [3.05, 3.63) is 0 Å². The van der Waals surface area contributed by atoms with E-state index < -0.39 is 18.3 Å². The molecule has 2 N–H and O–H groups in total. The van der Waals surface area contributed by atoms with Gasteiger partial charge in [0.1, 0.15) is 12.4 Å². The summed E-state index contributed by atoms with van der Waals surface area (Å²) in [7, 11) is 0. The lowest BCUT2D eigenvalue weighted by Gasteiger charge is -2.59. The molecule has 5 nitrogen and oxygen atoms in total. The Bertz CT molecular complexity index is 646. The minimum absolute atomic E-state index is 0.0145. The lowest BCUT2D eigenvalue weighted by Crippen LogP contribution is -2.57. The van der Waals surface area contributed by atoms with Gasteiger partial charge in [0.25, 0.3) is 0 Å². The maximum Gasteiger partial charge on any atom is 0.162 e. The standard InChI is InChI=1S/C21H30O5/c1-20-7-6-12(23)8-11(20)2-3-13-14-4-5-15(16(24)10-22)21(14)9-17(18(13)20)26-19(21)25/h11,13-15,17-19,22,25H,2-10H2,1H3/t11-,13-,14-,15-,17-,18+,19?,20-,21+/m0/s1. The molecule has 0 aromatic carbocycles. The van der Waals surface area contributed by atoms with Crippen molar-refractivity contribution in [1.29, 1.82) is 0 Å². The van der Waals surface area contributed by atoms with E-state index in [1.165, 1.54) is 0 Å². The first-order valence-electron chi connectivity index (χ1n) is 10.4. The highest BCUT2D eigenvalue weighted by Crippen LogP contribution is 2.71. The molecule has 1 aliphatic heterocycles. The zero-order valence-corrected chi connectivity index (χ0v) is 15.5. The molecule has 5 rings (SSSR count). The SMILES string of the molecule is C[C@]12CCC(=O)C[C@@H]1CC[C@@H]1[C@@H]2[C@@H]2C[C@]3(C(O)O2)[C@H](C(=O)CO)CC[C@@H]13. The number of hydrogen-bond donors (Lipinski definition) is 2. The number of carbonyl (C=O) groups is 2. The van der Waals surface area contributed by atoms with Crippen LogP contribution in [-0.2, 0) is 14.3 Å². The quantitative estimate of drug-likeness (QED) is 0.786. The van der Waals surface area contributed by atoms with E-state index in [1.807, 2.05) is 0 Å². The van der Waals surface area contributed by atoms with Crippen molar-refractivity contribution in [3.63, 3.8) is 0 Å². The van der Waals surface area contributed by atoms with Crippen molar-refractivity contribution in [2.45, 2.75) is 70.7 Å². The van der Waals surface area contributed by atoms with Crippen LogP contribution in [0, 0.1) is 40.4 Å². The van der Waals surface area contributed by atoms with Crippen LogP contribution in [0.1, 0.15) is 58.3 Å². The van der Waals surface area contributed by atoms with Crippen LogP contribution in [0.5, 0.6) is 0 Å². The van der Waals surface area contributed by atoms with Gasteiger partial charge in [-0.25, -0.2) is 0 Å². The van der Waals surface area contributed by atoms with Crippen LogP contribution in [0.2, 0.25) is 0 Å². The molecule has 1 spiro atoms. The average molecular weight is 362 g/mol. The third kappa shape index (κ3) is 1.97. The maximum absolute atomic E-state index is 12.4. The highest BCUT2D eigenvalue weighted by atomic mass is 16.6. The molecule has 9 atom stereocenters. The second-order valence-corrected chi connectivity index (χ2v) is 9.92. The molecule has 5 heteroatoms. The number of fused-ring (bicyclic) bond motifs is 6. The summed E-state index contributed by atoms with van der Waals surface area (Å²) in [6, 6.07) is 0. The third-order valence-electron chi connectivity index (χ3n) is 9.31. The van der Waals surface area contributed by atoms with Crippen molar-refractivity contribution < 1.29 is 24.5 Å². The fourth-order valence-corrected chi connectivity index (χ4v) is 8.28. The van der Waals surface area contributed by atoms with Crippen LogP contribution < -0.4 is 0 Å². The molecular formula is C21H30O5. The van der Waals surface area contributed by atoms with Crippen molar-refractivity contribution in [2.75, 3.05) is 6.61 Å². The average Bonchev–Trinajstić information content (AvgIpc) is 3.14. The molecular weight excluding hydrogens is 332 g/mol. The number of carbonyl (C=O) groups excluding carboxylic acids is 2. The molecule has 5 fully saturated rings. The van der Waals surface area contributed by atoms with Crippen LogP contribution in [0.4, 0.5) is 0 Å². The summed E-state index contributed by atoms with van der Waals surface area (Å²) < 4.78 is 6.16. The van der Waals surface area contributed by atoms with Crippen LogP contribution in [0.15, 0.2) is 0 Å². The zero-order chi connectivity index (χ0) is 18.3. The van der Waals surface area contributed by atoms with Gasteiger partial charge < -0.3 is 14.9 Å². The minimum atomic E-state index is -0.890. The molecule has 0 aromatic heterocycles. The van der Waals surface area contributed by atoms with Gasteiger partial charge in [0, 0.05) is 24.2 Å². The molecule has 1 heterocycles. The summed E-state index contributed by atoms with van der Waals surface area (Å²) in [6.45, 7) is 1.92. The summed E-state index contributed by atoms with van der Waals surface area (Å²) in [4.78, 5) is 24.5. The Morgan fingerprint density at radius 2 is 2.08 bits per heavy atom. The Hall–Kier alpha value is -0.780. The lowest BCUT2D eigenvalue weighted by atomic mass is 9.44. The molecule has 1 unspecified atom stereocenters. The van der Waals surface area contributed by atoms with Crippen molar-refractivity contribution in [1.82, 2.24) is 0 Å². The lowest BCUT2D eigenvalue weighted by molar-refractivity contribution is -0.162. The number of aliphatic hydroxyl groups is 2. The number of hydrogen-bond acceptors (Lipinski definition) is 5. The first-order valence-corrected chi connectivity index (χ1v) is 10.4. The van der Waals surface area contributed by atoms with E-state index in [0.29, 0.717) is 42.3 Å². The second-order valence-electron chi connectivity index (χ2n) is 9.92. The van der Waals surface area contributed by atoms with E-state index in [-0.39, 0.29) is 23.2 Å². The van der Waals surface area contributed by atoms with E-state index in [1.54, 1.807) is 0 Å². The van der Waals surface area contributed by atoms with E-state index in [9.17, 15) is 19.8 Å². The van der Waals surface area contributed by atoms with Crippen molar-refractivity contribution >= 4 is 11.6 Å². The topological polar surface area (TPSA) is 83.8 Å². The van der Waals surface area contributed by atoms with E-state index >= 15 is 0 Å². The smallest absolute Gasteiger partial charge is 0.162 e. The van der Waals surface area contributed by atoms with Gasteiger partial charge in [-0.05, 0) is 67.6 Å². The molecule has 0 aromatic rings. The Kier molecular flexibility index (Phi) is 3.74. The largest absolute Gasteiger partial charge is 0.389 e. The fourth-order valence-electron chi connectivity index (χ4n) is 8.28. The summed E-state index contributed by atoms with van der Waals surface area (Å²) in [6.07, 6.45) is 6.03. The van der Waals surface area contributed by atoms with Gasteiger partial charge in [0.2, 0.25) is 0 Å². The minimum Gasteiger partial charge on any atom is -0.389 e. The highest BCUT2D eigenvalue weighted by Gasteiger charge is 2.71. The molecule has 5 aliphatic rings. The Morgan fingerprint density at radius 3 is 2.85 bits per heavy atom. The van der Waals surface area contributed by atoms with Crippen molar-refractivity contribution in [3.8, 4) is 0 Å². The first-order chi connectivity index (χ1) is 12.4. The number of ether oxygens (including phenoxy) is 1. The molecule has 144 valence electrons. The monoisotopic (exact) mass is 362 g/mol. The second kappa shape index (κ2) is 5.62. The van der Waals surface area contributed by atoms with Gasteiger partial charge in [-0.2, -0.15) is 0 Å². The van der Waals surface area contributed by atoms with Gasteiger partial charge in [-0.15, -0.1) is 0 Å². The Labute approximate surface area is 154 Å². The summed E-state index contributed by atoms with van der Waals surface area (Å²) in [5.41, 5.74) is -0.379. The van der Waals surface area contributed by atoms with Crippen molar-refractivity contribution in [2.24, 2.45) is 40.4 Å². The van der Waals surface area contributed by atoms with Gasteiger partial charge in [0.05, 0.1) is 6.10 Å². The predicted molar refractivity (Wildman–Crippen MR) is 92.9 cm³/mol. The van der Waals surface area contributed by atoms with Crippen LogP contribution in [-0.4, -0.2) is 40.8 Å². The molecule has 4 saturated carbocycles. The Morgan fingerprint density at radius 1 is 1.27 bits per heavy atom. The number of rotatable bonds is 2. The van der Waals surface area contributed by atoms with Crippen LogP contribution in [0.3, 0.4) is 0 Å². The Balaban J connectivity index is 1.54. The number of Topliss-reactive ketones (excluding diaryl/α,β-unsaturated/α-hetero) is 2. The van der Waals surface area contributed by atoms with E-state index in [2.05, 4.69) is 6.92 Å².